The van der Waals surface area contributed by atoms with Crippen molar-refractivity contribution in [2.45, 2.75) is 25.9 Å². The van der Waals surface area contributed by atoms with E-state index in [1.54, 1.807) is 11.3 Å². The van der Waals surface area contributed by atoms with E-state index in [0.717, 1.165) is 28.7 Å². The van der Waals surface area contributed by atoms with Gasteiger partial charge in [0.15, 0.2) is 0 Å². The maximum atomic E-state index is 12.0. The van der Waals surface area contributed by atoms with Crippen molar-refractivity contribution in [3.8, 4) is 0 Å². The number of carbonyl (C=O) groups excluding carboxylic acids is 1. The van der Waals surface area contributed by atoms with Crippen LogP contribution in [-0.2, 0) is 11.3 Å². The number of hydrogen-bond donors (Lipinski definition) is 1. The van der Waals surface area contributed by atoms with E-state index < -0.39 is 0 Å². The minimum absolute atomic E-state index is 0.0100. The van der Waals surface area contributed by atoms with Gasteiger partial charge in [0.05, 0.1) is 16.9 Å². The monoisotopic (exact) mass is 258 g/mol. The van der Waals surface area contributed by atoms with Gasteiger partial charge in [-0.15, -0.1) is 11.3 Å². The lowest BCUT2D eigenvalue weighted by Crippen LogP contribution is -2.54. The van der Waals surface area contributed by atoms with Crippen molar-refractivity contribution in [3.63, 3.8) is 0 Å². The number of amides is 1. The van der Waals surface area contributed by atoms with Crippen molar-refractivity contribution in [1.29, 1.82) is 0 Å². The summed E-state index contributed by atoms with van der Waals surface area (Å²) in [6.07, 6.45) is 0.848. The number of rotatable bonds is 3. The fourth-order valence-electron chi connectivity index (χ4n) is 1.89. The molecule has 1 amide bonds. The molecule has 1 aromatic rings. The first-order chi connectivity index (χ1) is 7.70. The predicted octanol–water partition coefficient (Wildman–Crippen LogP) is 2.11. The zero-order valence-electron chi connectivity index (χ0n) is 9.20. The van der Waals surface area contributed by atoms with E-state index in [1.807, 2.05) is 24.0 Å². The Bertz CT molecular complexity index is 380. The molecule has 0 spiro atoms. The molecule has 1 N–H and O–H groups in total. The molecule has 0 aliphatic carbocycles. The second kappa shape index (κ2) is 5.17. The van der Waals surface area contributed by atoms with Crippen LogP contribution in [0, 0.1) is 0 Å². The highest BCUT2D eigenvalue weighted by molar-refractivity contribution is 7.16. The number of hydrogen-bond acceptors (Lipinski definition) is 3. The van der Waals surface area contributed by atoms with Crippen LogP contribution < -0.4 is 5.32 Å². The van der Waals surface area contributed by atoms with Crippen LogP contribution in [0.1, 0.15) is 18.2 Å². The van der Waals surface area contributed by atoms with Crippen molar-refractivity contribution in [3.05, 3.63) is 21.3 Å². The Morgan fingerprint density at radius 2 is 2.44 bits per heavy atom. The number of carbonyl (C=O) groups is 1. The van der Waals surface area contributed by atoms with Gasteiger partial charge in [0, 0.05) is 18.0 Å². The molecule has 1 aliphatic heterocycles. The molecule has 88 valence electrons. The molecule has 1 aliphatic rings. The Morgan fingerprint density at radius 1 is 1.62 bits per heavy atom. The van der Waals surface area contributed by atoms with Gasteiger partial charge >= 0.3 is 0 Å². The van der Waals surface area contributed by atoms with Gasteiger partial charge in [-0.1, -0.05) is 18.5 Å². The van der Waals surface area contributed by atoms with E-state index in [4.69, 9.17) is 11.6 Å². The Balaban J connectivity index is 2.01. The second-order valence-electron chi connectivity index (χ2n) is 3.88. The van der Waals surface area contributed by atoms with Crippen molar-refractivity contribution >= 4 is 28.8 Å². The fraction of sp³-hybridized carbons (Fsp3) is 0.545. The summed E-state index contributed by atoms with van der Waals surface area (Å²) in [6, 6.07) is 3.86. The van der Waals surface area contributed by atoms with E-state index in [2.05, 4.69) is 5.32 Å². The van der Waals surface area contributed by atoms with E-state index in [-0.39, 0.29) is 11.9 Å². The molecule has 0 aromatic carbocycles. The third kappa shape index (κ3) is 2.56. The van der Waals surface area contributed by atoms with Crippen molar-refractivity contribution in [1.82, 2.24) is 10.2 Å². The van der Waals surface area contributed by atoms with Gasteiger partial charge in [-0.3, -0.25) is 4.79 Å². The van der Waals surface area contributed by atoms with Gasteiger partial charge in [-0.25, -0.2) is 0 Å². The molecule has 0 bridgehead atoms. The summed E-state index contributed by atoms with van der Waals surface area (Å²) in [5, 5.41) is 3.23. The van der Waals surface area contributed by atoms with E-state index in [1.165, 1.54) is 0 Å². The molecule has 0 radical (unpaired) electrons. The SMILES string of the molecule is CCC1NCCN(Cc2ccc(Cl)s2)C1=O. The molecule has 2 rings (SSSR count). The molecule has 0 saturated carbocycles. The molecule has 5 heteroatoms. The van der Waals surface area contributed by atoms with Crippen LogP contribution in [0.25, 0.3) is 0 Å². The molecular formula is C11H15ClN2OS. The van der Waals surface area contributed by atoms with Gasteiger partial charge in [0.25, 0.3) is 0 Å². The third-order valence-corrected chi connectivity index (χ3v) is 3.98. The summed E-state index contributed by atoms with van der Waals surface area (Å²) in [6.45, 7) is 4.38. The second-order valence-corrected chi connectivity index (χ2v) is 5.68. The summed E-state index contributed by atoms with van der Waals surface area (Å²) in [5.41, 5.74) is 0. The quantitative estimate of drug-likeness (QED) is 0.901. The van der Waals surface area contributed by atoms with Crippen LogP contribution in [0.3, 0.4) is 0 Å². The molecule has 1 unspecified atom stereocenters. The Kier molecular flexibility index (Phi) is 3.84. The summed E-state index contributed by atoms with van der Waals surface area (Å²) in [5.74, 6) is 0.207. The average Bonchev–Trinajstić information content (AvgIpc) is 2.67. The largest absolute Gasteiger partial charge is 0.335 e. The highest BCUT2D eigenvalue weighted by Gasteiger charge is 2.26. The molecule has 1 saturated heterocycles. The maximum absolute atomic E-state index is 12.0. The van der Waals surface area contributed by atoms with Gasteiger partial charge in [-0.05, 0) is 18.6 Å². The van der Waals surface area contributed by atoms with E-state index in [0.29, 0.717) is 6.54 Å². The average molecular weight is 259 g/mol. The number of nitrogens with zero attached hydrogens (tertiary/aromatic N) is 1. The van der Waals surface area contributed by atoms with Crippen molar-refractivity contribution in [2.75, 3.05) is 13.1 Å². The van der Waals surface area contributed by atoms with Crippen molar-refractivity contribution < 1.29 is 4.79 Å². The third-order valence-electron chi connectivity index (χ3n) is 2.77. The van der Waals surface area contributed by atoms with Crippen molar-refractivity contribution in [2.24, 2.45) is 0 Å². The maximum Gasteiger partial charge on any atom is 0.240 e. The molecule has 1 aromatic heterocycles. The highest BCUT2D eigenvalue weighted by Crippen LogP contribution is 2.23. The van der Waals surface area contributed by atoms with Gasteiger partial charge in [0.1, 0.15) is 0 Å². The minimum Gasteiger partial charge on any atom is -0.335 e. The standard InChI is InChI=1S/C11H15ClN2OS/c1-2-9-11(15)14(6-5-13-9)7-8-3-4-10(12)16-8/h3-4,9,13H,2,5-7H2,1H3. The van der Waals surface area contributed by atoms with Crippen LogP contribution in [-0.4, -0.2) is 29.9 Å². The highest BCUT2D eigenvalue weighted by atomic mass is 35.5. The summed E-state index contributed by atoms with van der Waals surface area (Å²) < 4.78 is 0.782. The fourth-order valence-corrected chi connectivity index (χ4v) is 3.00. The molecular weight excluding hydrogens is 244 g/mol. The Hall–Kier alpha value is -0.580. The summed E-state index contributed by atoms with van der Waals surface area (Å²) in [7, 11) is 0. The van der Waals surface area contributed by atoms with Gasteiger partial charge in [-0.2, -0.15) is 0 Å². The normalized spacial score (nSPS) is 21.5. The van der Waals surface area contributed by atoms with Crippen LogP contribution in [0.2, 0.25) is 4.34 Å². The van der Waals surface area contributed by atoms with Gasteiger partial charge < -0.3 is 10.2 Å². The number of halogens is 1. The zero-order chi connectivity index (χ0) is 11.5. The lowest BCUT2D eigenvalue weighted by molar-refractivity contribution is -0.136. The van der Waals surface area contributed by atoms with Crippen LogP contribution in [0.4, 0.5) is 0 Å². The molecule has 16 heavy (non-hydrogen) atoms. The number of thiophene rings is 1. The first-order valence-electron chi connectivity index (χ1n) is 5.47. The summed E-state index contributed by atoms with van der Waals surface area (Å²) in [4.78, 5) is 15.1. The van der Waals surface area contributed by atoms with Crippen LogP contribution in [0.5, 0.6) is 0 Å². The molecule has 3 nitrogen and oxygen atoms in total. The lowest BCUT2D eigenvalue weighted by atomic mass is 10.1. The topological polar surface area (TPSA) is 32.3 Å². The molecule has 1 fully saturated rings. The Labute approximate surface area is 104 Å². The smallest absolute Gasteiger partial charge is 0.240 e. The zero-order valence-corrected chi connectivity index (χ0v) is 10.8. The first-order valence-corrected chi connectivity index (χ1v) is 6.66. The number of piperazine rings is 1. The van der Waals surface area contributed by atoms with E-state index >= 15 is 0 Å². The minimum atomic E-state index is -0.0100. The van der Waals surface area contributed by atoms with Gasteiger partial charge in [0.2, 0.25) is 5.91 Å². The Morgan fingerprint density at radius 3 is 3.06 bits per heavy atom. The predicted molar refractivity (Wildman–Crippen MR) is 66.8 cm³/mol. The van der Waals surface area contributed by atoms with E-state index in [9.17, 15) is 4.79 Å². The first kappa shape index (κ1) is 11.9. The van der Waals surface area contributed by atoms with Crippen LogP contribution >= 0.6 is 22.9 Å². The lowest BCUT2D eigenvalue weighted by Gasteiger charge is -2.32. The number of nitrogens with one attached hydrogen (secondary N) is 1. The molecule has 1 atom stereocenters. The summed E-state index contributed by atoms with van der Waals surface area (Å²) >= 11 is 7.42. The molecule has 2 heterocycles. The van der Waals surface area contributed by atoms with Crippen LogP contribution in [0.15, 0.2) is 12.1 Å².